The maximum absolute atomic E-state index is 4.23. The van der Waals surface area contributed by atoms with Gasteiger partial charge in [0.25, 0.3) is 0 Å². The van der Waals surface area contributed by atoms with E-state index in [1.54, 1.807) is 0 Å². The molecule has 1 unspecified atom stereocenters. The third-order valence-electron chi connectivity index (χ3n) is 3.84. The second-order valence-corrected chi connectivity index (χ2v) is 5.14. The Morgan fingerprint density at radius 2 is 1.30 bits per heavy atom. The first-order chi connectivity index (χ1) is 9.86. The summed E-state index contributed by atoms with van der Waals surface area (Å²) in [6.45, 7) is 4.23. The molecule has 20 heavy (non-hydrogen) atoms. The van der Waals surface area contributed by atoms with Crippen LogP contribution in [0, 0.1) is 5.92 Å². The van der Waals surface area contributed by atoms with Gasteiger partial charge < -0.3 is 0 Å². The van der Waals surface area contributed by atoms with Crippen LogP contribution in [0.5, 0.6) is 0 Å². The van der Waals surface area contributed by atoms with Crippen LogP contribution in [-0.2, 0) is 0 Å². The number of hydrogen-bond acceptors (Lipinski definition) is 0. The first-order valence-electron chi connectivity index (χ1n) is 7.00. The van der Waals surface area contributed by atoms with Crippen molar-refractivity contribution >= 4 is 0 Å². The van der Waals surface area contributed by atoms with Crippen molar-refractivity contribution in [2.75, 3.05) is 0 Å². The lowest BCUT2D eigenvalue weighted by molar-refractivity contribution is 0.661. The predicted octanol–water partition coefficient (Wildman–Crippen LogP) is 5.12. The standard InChI is InChI=1S/C20H18/c1-16-10-8-9-15-19(16)20(17-11-4-2-5-12-17)18-13-6-3-7-14-18/h2-15,19-20H,1H2. The Hall–Kier alpha value is -2.34. The van der Waals surface area contributed by atoms with Gasteiger partial charge in [0.05, 0.1) is 0 Å². The molecular formula is C20H18. The first kappa shape index (κ1) is 12.7. The lowest BCUT2D eigenvalue weighted by Crippen LogP contribution is -2.15. The summed E-state index contributed by atoms with van der Waals surface area (Å²) < 4.78 is 0. The average Bonchev–Trinajstić information content (AvgIpc) is 2.52. The fourth-order valence-electron chi connectivity index (χ4n) is 2.85. The molecule has 0 amide bonds. The maximum Gasteiger partial charge on any atom is 0.0193 e. The third-order valence-corrected chi connectivity index (χ3v) is 3.84. The molecule has 98 valence electrons. The van der Waals surface area contributed by atoms with E-state index in [1.807, 2.05) is 0 Å². The van der Waals surface area contributed by atoms with E-state index in [4.69, 9.17) is 0 Å². The zero-order chi connectivity index (χ0) is 13.8. The highest BCUT2D eigenvalue weighted by atomic mass is 14.3. The van der Waals surface area contributed by atoms with Gasteiger partial charge in [0.15, 0.2) is 0 Å². The number of allylic oxidation sites excluding steroid dienone is 5. The largest absolute Gasteiger partial charge is 0.0952 e. The molecule has 0 aliphatic heterocycles. The average molecular weight is 258 g/mol. The molecule has 0 bridgehead atoms. The second kappa shape index (κ2) is 5.75. The molecule has 0 spiro atoms. The van der Waals surface area contributed by atoms with Crippen LogP contribution in [0.2, 0.25) is 0 Å². The van der Waals surface area contributed by atoms with Crippen molar-refractivity contribution in [2.24, 2.45) is 5.92 Å². The zero-order valence-corrected chi connectivity index (χ0v) is 11.4. The molecular weight excluding hydrogens is 240 g/mol. The van der Waals surface area contributed by atoms with Gasteiger partial charge in [0.1, 0.15) is 0 Å². The summed E-state index contributed by atoms with van der Waals surface area (Å²) in [5.41, 5.74) is 3.85. The lowest BCUT2D eigenvalue weighted by atomic mass is 9.76. The molecule has 0 heterocycles. The van der Waals surface area contributed by atoms with Crippen molar-refractivity contribution in [3.8, 4) is 0 Å². The van der Waals surface area contributed by atoms with E-state index in [-0.39, 0.29) is 0 Å². The van der Waals surface area contributed by atoms with Crippen molar-refractivity contribution in [3.05, 3.63) is 108 Å². The van der Waals surface area contributed by atoms with Crippen molar-refractivity contribution in [1.29, 1.82) is 0 Å². The minimum absolute atomic E-state index is 0.324. The van der Waals surface area contributed by atoms with Crippen LogP contribution in [0.1, 0.15) is 17.0 Å². The summed E-state index contributed by atoms with van der Waals surface area (Å²) >= 11 is 0. The highest BCUT2D eigenvalue weighted by Crippen LogP contribution is 2.38. The van der Waals surface area contributed by atoms with E-state index < -0.39 is 0 Å². The van der Waals surface area contributed by atoms with Gasteiger partial charge >= 0.3 is 0 Å². The van der Waals surface area contributed by atoms with Crippen LogP contribution in [0.15, 0.2) is 97.1 Å². The van der Waals surface area contributed by atoms with Gasteiger partial charge in [-0.3, -0.25) is 0 Å². The highest BCUT2D eigenvalue weighted by molar-refractivity contribution is 5.42. The molecule has 1 aliphatic rings. The van der Waals surface area contributed by atoms with E-state index >= 15 is 0 Å². The summed E-state index contributed by atoms with van der Waals surface area (Å²) in [5, 5.41) is 0. The Balaban J connectivity index is 2.07. The van der Waals surface area contributed by atoms with Gasteiger partial charge in [0, 0.05) is 11.8 Å². The topological polar surface area (TPSA) is 0 Å². The zero-order valence-electron chi connectivity index (χ0n) is 11.4. The van der Waals surface area contributed by atoms with Gasteiger partial charge in [0.2, 0.25) is 0 Å². The number of rotatable bonds is 3. The van der Waals surface area contributed by atoms with Crippen molar-refractivity contribution in [3.63, 3.8) is 0 Å². The van der Waals surface area contributed by atoms with Gasteiger partial charge in [-0.1, -0.05) is 91.5 Å². The number of benzene rings is 2. The van der Waals surface area contributed by atoms with Crippen LogP contribution in [0.3, 0.4) is 0 Å². The molecule has 0 N–H and O–H groups in total. The van der Waals surface area contributed by atoms with E-state index in [2.05, 4.69) is 91.5 Å². The molecule has 2 aromatic rings. The Bertz CT molecular complexity index is 593. The van der Waals surface area contributed by atoms with Crippen molar-refractivity contribution < 1.29 is 0 Å². The molecule has 1 atom stereocenters. The smallest absolute Gasteiger partial charge is 0.0193 e. The molecule has 0 saturated heterocycles. The summed E-state index contributed by atoms with van der Waals surface area (Å²) in [6, 6.07) is 21.4. The maximum atomic E-state index is 4.23. The summed E-state index contributed by atoms with van der Waals surface area (Å²) in [4.78, 5) is 0. The van der Waals surface area contributed by atoms with Gasteiger partial charge in [-0.2, -0.15) is 0 Å². The van der Waals surface area contributed by atoms with Crippen LogP contribution in [-0.4, -0.2) is 0 Å². The molecule has 3 rings (SSSR count). The molecule has 0 radical (unpaired) electrons. The second-order valence-electron chi connectivity index (χ2n) is 5.14. The van der Waals surface area contributed by atoms with E-state index in [0.29, 0.717) is 11.8 Å². The molecule has 1 aliphatic carbocycles. The fourth-order valence-corrected chi connectivity index (χ4v) is 2.85. The van der Waals surface area contributed by atoms with Crippen LogP contribution in [0.25, 0.3) is 0 Å². The molecule has 0 aromatic heterocycles. The van der Waals surface area contributed by atoms with E-state index in [1.165, 1.54) is 16.7 Å². The SMILES string of the molecule is C=C1C=CC=CC1C(c1ccccc1)c1ccccc1. The highest BCUT2D eigenvalue weighted by Gasteiger charge is 2.24. The van der Waals surface area contributed by atoms with Crippen LogP contribution >= 0.6 is 0 Å². The first-order valence-corrected chi connectivity index (χ1v) is 7.00. The summed E-state index contributed by atoms with van der Waals surface area (Å²) in [7, 11) is 0. The van der Waals surface area contributed by atoms with Gasteiger partial charge in [-0.05, 0) is 16.7 Å². The van der Waals surface area contributed by atoms with Gasteiger partial charge in [-0.25, -0.2) is 0 Å². The Kier molecular flexibility index (Phi) is 3.64. The number of hydrogen-bond donors (Lipinski definition) is 0. The lowest BCUT2D eigenvalue weighted by Gasteiger charge is -2.27. The normalized spacial score (nSPS) is 17.6. The molecule has 2 aromatic carbocycles. The van der Waals surface area contributed by atoms with Crippen molar-refractivity contribution in [1.82, 2.24) is 0 Å². The van der Waals surface area contributed by atoms with Crippen LogP contribution in [0.4, 0.5) is 0 Å². The molecule has 0 fully saturated rings. The Morgan fingerprint density at radius 3 is 1.80 bits per heavy atom. The van der Waals surface area contributed by atoms with Gasteiger partial charge in [-0.15, -0.1) is 0 Å². The minimum atomic E-state index is 0.324. The molecule has 0 nitrogen and oxygen atoms in total. The molecule has 0 saturated carbocycles. The van der Waals surface area contributed by atoms with Crippen LogP contribution < -0.4 is 0 Å². The quantitative estimate of drug-likeness (QED) is 0.717. The Morgan fingerprint density at radius 1 is 0.750 bits per heavy atom. The van der Waals surface area contributed by atoms with E-state index in [9.17, 15) is 0 Å². The minimum Gasteiger partial charge on any atom is -0.0952 e. The predicted molar refractivity (Wildman–Crippen MR) is 85.6 cm³/mol. The fraction of sp³-hybridized carbons (Fsp3) is 0.100. The molecule has 0 heteroatoms. The van der Waals surface area contributed by atoms with E-state index in [0.717, 1.165) is 0 Å². The monoisotopic (exact) mass is 258 g/mol. The summed E-state index contributed by atoms with van der Waals surface area (Å²) in [5.74, 6) is 0.649. The third kappa shape index (κ3) is 2.50. The van der Waals surface area contributed by atoms with Crippen molar-refractivity contribution in [2.45, 2.75) is 5.92 Å². The Labute approximate surface area is 120 Å². The summed E-state index contributed by atoms with van der Waals surface area (Å²) in [6.07, 6.45) is 8.56.